The highest BCUT2D eigenvalue weighted by Gasteiger charge is 2.03. The lowest BCUT2D eigenvalue weighted by atomic mass is 10.2. The Kier molecular flexibility index (Phi) is 5.16. The average molecular weight is 335 g/mol. The molecule has 1 heterocycles. The predicted octanol–water partition coefficient (Wildman–Crippen LogP) is 2.71. The van der Waals surface area contributed by atoms with Crippen molar-refractivity contribution in [2.24, 2.45) is 0 Å². The number of carbonyl (C=O) groups is 1. The van der Waals surface area contributed by atoms with Crippen molar-refractivity contribution in [1.29, 1.82) is 0 Å². The van der Waals surface area contributed by atoms with E-state index < -0.39 is 0 Å². The van der Waals surface area contributed by atoms with Crippen molar-refractivity contribution < 1.29 is 9.53 Å². The van der Waals surface area contributed by atoms with Crippen LogP contribution in [0.2, 0.25) is 0 Å². The van der Waals surface area contributed by atoms with Gasteiger partial charge < -0.3 is 10.1 Å². The lowest BCUT2D eigenvalue weighted by Gasteiger charge is -2.07. The number of aromatic nitrogens is 4. The fourth-order valence-corrected chi connectivity index (χ4v) is 2.26. The number of benzene rings is 2. The molecule has 0 aliphatic heterocycles. The summed E-state index contributed by atoms with van der Waals surface area (Å²) in [5.41, 5.74) is 2.26. The van der Waals surface area contributed by atoms with E-state index in [1.807, 2.05) is 43.3 Å². The van der Waals surface area contributed by atoms with Crippen LogP contribution >= 0.6 is 0 Å². The SMILES string of the molecule is CCOc1ccccc1/C=C/C(=O)Nc1cccc(-n2cnnn2)c1. The van der Waals surface area contributed by atoms with E-state index in [-0.39, 0.29) is 5.91 Å². The summed E-state index contributed by atoms with van der Waals surface area (Å²) in [6.45, 7) is 2.49. The number of ether oxygens (including phenoxy) is 1. The van der Waals surface area contributed by atoms with Gasteiger partial charge in [-0.3, -0.25) is 4.79 Å². The van der Waals surface area contributed by atoms with Gasteiger partial charge >= 0.3 is 0 Å². The predicted molar refractivity (Wildman–Crippen MR) is 94.4 cm³/mol. The molecular weight excluding hydrogens is 318 g/mol. The summed E-state index contributed by atoms with van der Waals surface area (Å²) in [5, 5.41) is 13.8. The number of rotatable bonds is 6. The van der Waals surface area contributed by atoms with E-state index in [1.54, 1.807) is 18.2 Å². The minimum absolute atomic E-state index is 0.236. The van der Waals surface area contributed by atoms with Crippen LogP contribution in [0.1, 0.15) is 12.5 Å². The van der Waals surface area contributed by atoms with Crippen LogP contribution in [-0.2, 0) is 4.79 Å². The van der Waals surface area contributed by atoms with E-state index in [2.05, 4.69) is 20.8 Å². The largest absolute Gasteiger partial charge is 0.493 e. The number of tetrazole rings is 1. The van der Waals surface area contributed by atoms with Gasteiger partial charge in [0.05, 0.1) is 12.3 Å². The van der Waals surface area contributed by atoms with E-state index in [1.165, 1.54) is 17.1 Å². The van der Waals surface area contributed by atoms with Crippen LogP contribution < -0.4 is 10.1 Å². The topological polar surface area (TPSA) is 81.9 Å². The molecule has 0 fully saturated rings. The number of nitrogens with zero attached hydrogens (tertiary/aromatic N) is 4. The molecular formula is C18H17N5O2. The number of amides is 1. The molecule has 2 aromatic carbocycles. The smallest absolute Gasteiger partial charge is 0.248 e. The van der Waals surface area contributed by atoms with Crippen molar-refractivity contribution in [2.75, 3.05) is 11.9 Å². The van der Waals surface area contributed by atoms with Crippen molar-refractivity contribution in [3.63, 3.8) is 0 Å². The molecule has 0 spiro atoms. The first-order chi connectivity index (χ1) is 12.3. The Balaban J connectivity index is 1.70. The summed E-state index contributed by atoms with van der Waals surface area (Å²) >= 11 is 0. The summed E-state index contributed by atoms with van der Waals surface area (Å²) in [7, 11) is 0. The summed E-state index contributed by atoms with van der Waals surface area (Å²) < 4.78 is 7.06. The molecule has 1 N–H and O–H groups in total. The first kappa shape index (κ1) is 16.4. The Morgan fingerprint density at radius 3 is 2.92 bits per heavy atom. The van der Waals surface area contributed by atoms with E-state index in [9.17, 15) is 4.79 Å². The van der Waals surface area contributed by atoms with Crippen molar-refractivity contribution >= 4 is 17.7 Å². The number of nitrogens with one attached hydrogen (secondary N) is 1. The van der Waals surface area contributed by atoms with Gasteiger partial charge in [0.1, 0.15) is 12.1 Å². The van der Waals surface area contributed by atoms with Crippen molar-refractivity contribution in [3.05, 3.63) is 66.5 Å². The highest BCUT2D eigenvalue weighted by molar-refractivity contribution is 6.02. The molecule has 0 unspecified atom stereocenters. The van der Waals surface area contributed by atoms with Gasteiger partial charge in [0.2, 0.25) is 5.91 Å². The third-order valence-corrected chi connectivity index (χ3v) is 3.36. The van der Waals surface area contributed by atoms with E-state index in [4.69, 9.17) is 4.74 Å². The molecule has 126 valence electrons. The molecule has 25 heavy (non-hydrogen) atoms. The number of carbonyl (C=O) groups excluding carboxylic acids is 1. The maximum atomic E-state index is 12.2. The van der Waals surface area contributed by atoms with Crippen LogP contribution in [0.15, 0.2) is 60.9 Å². The Morgan fingerprint density at radius 2 is 2.12 bits per heavy atom. The van der Waals surface area contributed by atoms with Crippen LogP contribution in [0.4, 0.5) is 5.69 Å². The lowest BCUT2D eigenvalue weighted by molar-refractivity contribution is -0.111. The van der Waals surface area contributed by atoms with Crippen LogP contribution in [0, 0.1) is 0 Å². The Hall–Kier alpha value is -3.48. The van der Waals surface area contributed by atoms with Gasteiger partial charge in [0, 0.05) is 17.3 Å². The average Bonchev–Trinajstić information content (AvgIpc) is 3.16. The molecule has 0 bridgehead atoms. The Morgan fingerprint density at radius 1 is 1.24 bits per heavy atom. The fourth-order valence-electron chi connectivity index (χ4n) is 2.26. The monoisotopic (exact) mass is 335 g/mol. The van der Waals surface area contributed by atoms with Crippen LogP contribution in [0.25, 0.3) is 11.8 Å². The number of hydrogen-bond donors (Lipinski definition) is 1. The lowest BCUT2D eigenvalue weighted by Crippen LogP contribution is -2.08. The van der Waals surface area contributed by atoms with Gasteiger partial charge in [0.25, 0.3) is 0 Å². The minimum atomic E-state index is -0.236. The van der Waals surface area contributed by atoms with Gasteiger partial charge in [-0.25, -0.2) is 4.68 Å². The molecule has 1 amide bonds. The summed E-state index contributed by atoms with van der Waals surface area (Å²) in [6.07, 6.45) is 4.69. The normalized spacial score (nSPS) is 10.8. The number of para-hydroxylation sites is 1. The van der Waals surface area contributed by atoms with Gasteiger partial charge in [0.15, 0.2) is 0 Å². The van der Waals surface area contributed by atoms with E-state index in [0.29, 0.717) is 12.3 Å². The molecule has 1 aromatic heterocycles. The Labute approximate surface area is 144 Å². The van der Waals surface area contributed by atoms with Crippen LogP contribution in [0.3, 0.4) is 0 Å². The van der Waals surface area contributed by atoms with E-state index >= 15 is 0 Å². The third-order valence-electron chi connectivity index (χ3n) is 3.36. The van der Waals surface area contributed by atoms with Crippen LogP contribution in [-0.4, -0.2) is 32.7 Å². The second-order valence-corrected chi connectivity index (χ2v) is 5.10. The van der Waals surface area contributed by atoms with Crippen molar-refractivity contribution in [1.82, 2.24) is 20.2 Å². The second-order valence-electron chi connectivity index (χ2n) is 5.10. The zero-order chi connectivity index (χ0) is 17.5. The molecule has 0 saturated heterocycles. The molecule has 0 atom stereocenters. The maximum Gasteiger partial charge on any atom is 0.248 e. The highest BCUT2D eigenvalue weighted by atomic mass is 16.5. The minimum Gasteiger partial charge on any atom is -0.493 e. The van der Waals surface area contributed by atoms with E-state index in [0.717, 1.165) is 17.0 Å². The standard InChI is InChI=1S/C18H17N5O2/c1-2-25-17-9-4-3-6-14(17)10-11-18(24)20-15-7-5-8-16(12-15)23-13-19-21-22-23/h3-13H,2H2,1H3,(H,20,24)/b11-10+. The zero-order valence-electron chi connectivity index (χ0n) is 13.7. The Bertz CT molecular complexity index is 875. The first-order valence-corrected chi connectivity index (χ1v) is 7.80. The van der Waals surface area contributed by atoms with Gasteiger partial charge in [-0.05, 0) is 47.7 Å². The highest BCUT2D eigenvalue weighted by Crippen LogP contribution is 2.19. The van der Waals surface area contributed by atoms with Crippen molar-refractivity contribution in [2.45, 2.75) is 6.92 Å². The molecule has 0 radical (unpaired) electrons. The molecule has 0 aliphatic carbocycles. The zero-order valence-corrected chi connectivity index (χ0v) is 13.7. The quantitative estimate of drug-likeness (QED) is 0.700. The van der Waals surface area contributed by atoms with Gasteiger partial charge in [-0.15, -0.1) is 5.10 Å². The maximum absolute atomic E-state index is 12.2. The van der Waals surface area contributed by atoms with Gasteiger partial charge in [-0.1, -0.05) is 24.3 Å². The molecule has 3 rings (SSSR count). The second kappa shape index (κ2) is 7.87. The molecule has 3 aromatic rings. The third kappa shape index (κ3) is 4.29. The van der Waals surface area contributed by atoms with Crippen molar-refractivity contribution in [3.8, 4) is 11.4 Å². The molecule has 0 saturated carbocycles. The van der Waals surface area contributed by atoms with Crippen LogP contribution in [0.5, 0.6) is 5.75 Å². The fraction of sp³-hybridized carbons (Fsp3) is 0.111. The molecule has 7 nitrogen and oxygen atoms in total. The number of anilines is 1. The summed E-state index contributed by atoms with van der Waals surface area (Å²) in [4.78, 5) is 12.2. The van der Waals surface area contributed by atoms with Gasteiger partial charge in [-0.2, -0.15) is 0 Å². The molecule has 7 heteroatoms. The molecule has 0 aliphatic rings. The summed E-state index contributed by atoms with van der Waals surface area (Å²) in [5.74, 6) is 0.509. The number of hydrogen-bond acceptors (Lipinski definition) is 5. The first-order valence-electron chi connectivity index (χ1n) is 7.80. The summed E-state index contributed by atoms with van der Waals surface area (Å²) in [6, 6.07) is 14.8.